The third-order valence-electron chi connectivity index (χ3n) is 20.0. The molecule has 0 aliphatic heterocycles. The summed E-state index contributed by atoms with van der Waals surface area (Å²) in [6.07, 6.45) is 59.7. The van der Waals surface area contributed by atoms with Gasteiger partial charge in [0.25, 0.3) is 0 Å². The van der Waals surface area contributed by atoms with Crippen molar-refractivity contribution in [2.24, 2.45) is 23.7 Å². The van der Waals surface area contributed by atoms with Crippen LogP contribution in [0.4, 0.5) is 0 Å². The first kappa shape index (κ1) is 100. The van der Waals surface area contributed by atoms with E-state index in [0.717, 1.165) is 120 Å². The van der Waals surface area contributed by atoms with Crippen molar-refractivity contribution in [1.82, 2.24) is 0 Å². The minimum absolute atomic E-state index is 0.106. The third kappa shape index (κ3) is 73.6. The SMILES string of the molecule is CCC(C)CCCCCCCCCCCCC(=O)O[C@H](COC(=O)CCCCCCCCCCCCCCCCCCCCC(C)C)COP(=O)(O)OC[C@@H](O)COP(=O)(O)OC[C@@H](COC(=O)CCCCCCCCC(C)CC)OC(=O)CCCCCCCCCCCCCCCCC(C)C. The van der Waals surface area contributed by atoms with Crippen molar-refractivity contribution < 1.29 is 80.2 Å². The molecule has 0 rings (SSSR count). The van der Waals surface area contributed by atoms with Gasteiger partial charge in [-0.15, -0.1) is 0 Å². The predicted molar refractivity (Wildman–Crippen MR) is 418 cm³/mol. The number of hydrogen-bond donors (Lipinski definition) is 3. The summed E-state index contributed by atoms with van der Waals surface area (Å²) in [4.78, 5) is 73.1. The zero-order chi connectivity index (χ0) is 75.3. The molecule has 3 N–H and O–H groups in total. The summed E-state index contributed by atoms with van der Waals surface area (Å²) in [6.45, 7) is 14.3. The van der Waals surface area contributed by atoms with Gasteiger partial charge in [0, 0.05) is 25.7 Å². The molecular formula is C83H162O17P2. The molecule has 0 aliphatic rings. The Morgan fingerprint density at radius 3 is 0.696 bits per heavy atom. The van der Waals surface area contributed by atoms with E-state index in [1.807, 2.05) is 0 Å². The summed E-state index contributed by atoms with van der Waals surface area (Å²) >= 11 is 0. The van der Waals surface area contributed by atoms with Crippen LogP contribution in [-0.2, 0) is 65.4 Å². The first-order chi connectivity index (χ1) is 49.2. The number of rotatable bonds is 80. The molecular weight excluding hydrogens is 1330 g/mol. The molecule has 606 valence electrons. The van der Waals surface area contributed by atoms with Crippen LogP contribution in [0.5, 0.6) is 0 Å². The van der Waals surface area contributed by atoms with Crippen LogP contribution in [0.25, 0.3) is 0 Å². The van der Waals surface area contributed by atoms with Gasteiger partial charge in [0.05, 0.1) is 26.4 Å². The van der Waals surface area contributed by atoms with Gasteiger partial charge < -0.3 is 33.8 Å². The van der Waals surface area contributed by atoms with Crippen LogP contribution in [0.15, 0.2) is 0 Å². The molecule has 0 saturated carbocycles. The van der Waals surface area contributed by atoms with E-state index in [2.05, 4.69) is 55.4 Å². The van der Waals surface area contributed by atoms with Crippen molar-refractivity contribution in [2.75, 3.05) is 39.6 Å². The maximum atomic E-state index is 13.1. The molecule has 0 bridgehead atoms. The molecule has 17 nitrogen and oxygen atoms in total. The normalized spacial score (nSPS) is 14.5. The van der Waals surface area contributed by atoms with Gasteiger partial charge in [0.2, 0.25) is 0 Å². The monoisotopic (exact) mass is 1490 g/mol. The largest absolute Gasteiger partial charge is 0.472 e. The van der Waals surface area contributed by atoms with E-state index < -0.39 is 97.5 Å². The van der Waals surface area contributed by atoms with Crippen LogP contribution in [-0.4, -0.2) is 96.7 Å². The Kier molecular flexibility index (Phi) is 70.6. The molecule has 0 aromatic heterocycles. The maximum Gasteiger partial charge on any atom is 0.472 e. The molecule has 0 aliphatic carbocycles. The number of carbonyl (C=O) groups excluding carboxylic acids is 4. The summed E-state index contributed by atoms with van der Waals surface area (Å²) in [5.74, 6) is 1.04. The Labute approximate surface area is 626 Å². The number of phosphoric acid groups is 2. The highest BCUT2D eigenvalue weighted by atomic mass is 31.2. The Morgan fingerprint density at radius 2 is 0.471 bits per heavy atom. The summed E-state index contributed by atoms with van der Waals surface area (Å²) in [6, 6.07) is 0. The zero-order valence-electron chi connectivity index (χ0n) is 67.2. The molecule has 0 radical (unpaired) electrons. The standard InChI is InChI=1S/C83H162O17P2/c1-9-75(7)61-53-45-37-31-27-28-34-40-50-58-66-83(88)99-78(69-93-80(85)63-55-47-38-32-25-21-16-14-12-11-13-15-19-23-29-35-43-51-59-73(3)4)71-97-101(89,90)95-67-77(84)68-96-102(91,92)98-72-79(70-94-81(86)64-56-48-42-41-46-54-62-76(8)10-2)100-82(87)65-57-49-39-33-26-22-18-17-20-24-30-36-44-52-60-74(5)6/h73-79,84H,9-72H2,1-8H3,(H,89,90)(H,91,92)/t75?,76?,77-,78-,79-/m1/s1. The van der Waals surface area contributed by atoms with E-state index in [0.29, 0.717) is 25.7 Å². The van der Waals surface area contributed by atoms with Crippen molar-refractivity contribution >= 4 is 39.5 Å². The van der Waals surface area contributed by atoms with E-state index >= 15 is 0 Å². The maximum absolute atomic E-state index is 13.1. The van der Waals surface area contributed by atoms with Crippen LogP contribution in [0.3, 0.4) is 0 Å². The fourth-order valence-electron chi connectivity index (χ4n) is 12.7. The second-order valence-corrected chi connectivity index (χ2v) is 34.2. The summed E-state index contributed by atoms with van der Waals surface area (Å²) in [5, 5.41) is 10.7. The average Bonchev–Trinajstić information content (AvgIpc) is 0.910. The zero-order valence-corrected chi connectivity index (χ0v) is 69.0. The second-order valence-electron chi connectivity index (χ2n) is 31.3. The van der Waals surface area contributed by atoms with Crippen LogP contribution < -0.4 is 0 Å². The molecule has 0 spiro atoms. The smallest absolute Gasteiger partial charge is 0.462 e. The van der Waals surface area contributed by atoms with Crippen molar-refractivity contribution in [3.8, 4) is 0 Å². The van der Waals surface area contributed by atoms with E-state index in [4.69, 9.17) is 37.0 Å². The Balaban J connectivity index is 5.21. The van der Waals surface area contributed by atoms with E-state index in [9.17, 15) is 43.2 Å². The fraction of sp³-hybridized carbons (Fsp3) is 0.952. The lowest BCUT2D eigenvalue weighted by molar-refractivity contribution is -0.161. The molecule has 0 saturated heterocycles. The molecule has 0 aromatic rings. The first-order valence-corrected chi connectivity index (χ1v) is 45.8. The number of ether oxygens (including phenoxy) is 4. The molecule has 7 atom stereocenters. The summed E-state index contributed by atoms with van der Waals surface area (Å²) in [7, 11) is -9.92. The minimum atomic E-state index is -4.96. The predicted octanol–water partition coefficient (Wildman–Crippen LogP) is 24.8. The number of hydrogen-bond acceptors (Lipinski definition) is 15. The highest BCUT2D eigenvalue weighted by molar-refractivity contribution is 7.47. The highest BCUT2D eigenvalue weighted by Crippen LogP contribution is 2.45. The first-order valence-electron chi connectivity index (χ1n) is 42.8. The lowest BCUT2D eigenvalue weighted by Gasteiger charge is -2.21. The Hall–Kier alpha value is -1.94. The molecule has 0 heterocycles. The number of esters is 4. The number of aliphatic hydroxyl groups is 1. The lowest BCUT2D eigenvalue weighted by atomic mass is 9.99. The lowest BCUT2D eigenvalue weighted by Crippen LogP contribution is -2.30. The minimum Gasteiger partial charge on any atom is -0.462 e. The topological polar surface area (TPSA) is 237 Å². The second kappa shape index (κ2) is 72.0. The number of phosphoric ester groups is 2. The summed E-state index contributed by atoms with van der Waals surface area (Å²) < 4.78 is 68.8. The quantitative estimate of drug-likeness (QED) is 0.0222. The van der Waals surface area contributed by atoms with E-state index in [1.165, 1.54) is 225 Å². The van der Waals surface area contributed by atoms with Gasteiger partial charge in [0.1, 0.15) is 19.3 Å². The van der Waals surface area contributed by atoms with Gasteiger partial charge in [-0.25, -0.2) is 9.13 Å². The molecule has 19 heteroatoms. The van der Waals surface area contributed by atoms with Gasteiger partial charge in [0.15, 0.2) is 12.2 Å². The molecule has 0 amide bonds. The van der Waals surface area contributed by atoms with Crippen LogP contribution >= 0.6 is 15.6 Å². The van der Waals surface area contributed by atoms with Crippen molar-refractivity contribution in [1.29, 1.82) is 0 Å². The van der Waals surface area contributed by atoms with Gasteiger partial charge in [-0.05, 0) is 49.4 Å². The highest BCUT2D eigenvalue weighted by Gasteiger charge is 2.30. The van der Waals surface area contributed by atoms with Crippen LogP contribution in [0.1, 0.15) is 428 Å². The van der Waals surface area contributed by atoms with Crippen LogP contribution in [0.2, 0.25) is 0 Å². The number of aliphatic hydroxyl groups excluding tert-OH is 1. The van der Waals surface area contributed by atoms with Gasteiger partial charge in [-0.1, -0.05) is 376 Å². The average molecular weight is 1490 g/mol. The Bertz CT molecular complexity index is 1990. The molecule has 102 heavy (non-hydrogen) atoms. The number of carbonyl (C=O) groups is 4. The van der Waals surface area contributed by atoms with Crippen LogP contribution in [0, 0.1) is 23.7 Å². The molecule has 4 unspecified atom stereocenters. The fourth-order valence-corrected chi connectivity index (χ4v) is 14.3. The van der Waals surface area contributed by atoms with Crippen molar-refractivity contribution in [2.45, 2.75) is 446 Å². The van der Waals surface area contributed by atoms with E-state index in [-0.39, 0.29) is 25.7 Å². The molecule has 0 fully saturated rings. The summed E-state index contributed by atoms with van der Waals surface area (Å²) in [5.41, 5.74) is 0. The van der Waals surface area contributed by atoms with Gasteiger partial charge in [-0.3, -0.25) is 37.3 Å². The van der Waals surface area contributed by atoms with Crippen molar-refractivity contribution in [3.05, 3.63) is 0 Å². The molecule has 0 aromatic carbocycles. The van der Waals surface area contributed by atoms with Crippen molar-refractivity contribution in [3.63, 3.8) is 0 Å². The Morgan fingerprint density at radius 1 is 0.275 bits per heavy atom. The number of unbranched alkanes of at least 4 members (excludes halogenated alkanes) is 44. The van der Waals surface area contributed by atoms with Gasteiger partial charge in [-0.2, -0.15) is 0 Å². The third-order valence-corrected chi connectivity index (χ3v) is 21.9. The van der Waals surface area contributed by atoms with Gasteiger partial charge >= 0.3 is 39.5 Å². The van der Waals surface area contributed by atoms with E-state index in [1.54, 1.807) is 0 Å².